The summed E-state index contributed by atoms with van der Waals surface area (Å²) in [5.74, 6) is -0.469. The van der Waals surface area contributed by atoms with Crippen molar-refractivity contribution in [2.45, 2.75) is 24.0 Å². The van der Waals surface area contributed by atoms with Gasteiger partial charge >= 0.3 is 0 Å². The number of amidine groups is 1. The van der Waals surface area contributed by atoms with Gasteiger partial charge in [-0.15, -0.1) is 6.58 Å². The Balaban J connectivity index is 2.47. The van der Waals surface area contributed by atoms with Gasteiger partial charge in [0.2, 0.25) is 0 Å². The minimum absolute atomic E-state index is 0.0856. The molecule has 1 fully saturated rings. The van der Waals surface area contributed by atoms with Crippen LogP contribution in [0.4, 0.5) is 0 Å². The maximum absolute atomic E-state index is 12.7. The summed E-state index contributed by atoms with van der Waals surface area (Å²) in [6, 6.07) is 6.39. The Kier molecular flexibility index (Phi) is 4.53. The third-order valence-electron chi connectivity index (χ3n) is 2.92. The fourth-order valence-electron chi connectivity index (χ4n) is 1.80. The van der Waals surface area contributed by atoms with E-state index in [1.165, 1.54) is 12.1 Å². The second kappa shape index (κ2) is 6.03. The molecule has 7 heteroatoms. The average molecular weight is 324 g/mol. The monoisotopic (exact) mass is 324 g/mol. The van der Waals surface area contributed by atoms with Gasteiger partial charge in [-0.25, -0.2) is 8.42 Å². The van der Waals surface area contributed by atoms with Crippen molar-refractivity contribution in [1.29, 1.82) is 0 Å². The Morgan fingerprint density at radius 3 is 2.57 bits per heavy atom. The molecule has 21 heavy (non-hydrogen) atoms. The molecule has 0 N–H and O–H groups in total. The molecular formula is C14H16N2O3S2. The summed E-state index contributed by atoms with van der Waals surface area (Å²) in [5.41, 5.74) is 0.949. The molecule has 1 amide bonds. The summed E-state index contributed by atoms with van der Waals surface area (Å²) >= 11 is 1.15. The van der Waals surface area contributed by atoms with Gasteiger partial charge in [0.25, 0.3) is 15.9 Å². The van der Waals surface area contributed by atoms with Gasteiger partial charge in [0, 0.05) is 0 Å². The average Bonchev–Trinajstić information content (AvgIpc) is 2.73. The SMILES string of the molecule is C=CCN=C1S[C@@H](C)C(=O)N1S(=O)(=O)c1ccc(C)cc1. The molecule has 0 spiro atoms. The predicted octanol–water partition coefficient (Wildman–Crippen LogP) is 2.19. The number of sulfonamides is 1. The second-order valence-corrected chi connectivity index (χ2v) is 7.69. The van der Waals surface area contributed by atoms with E-state index in [2.05, 4.69) is 11.6 Å². The summed E-state index contributed by atoms with van der Waals surface area (Å²) in [7, 11) is -3.92. The first-order valence-electron chi connectivity index (χ1n) is 6.35. The maximum Gasteiger partial charge on any atom is 0.272 e. The number of aryl methyl sites for hydroxylation is 1. The van der Waals surface area contributed by atoms with E-state index in [1.54, 1.807) is 25.1 Å². The molecule has 2 rings (SSSR count). The van der Waals surface area contributed by atoms with Gasteiger partial charge in [0.15, 0.2) is 5.17 Å². The summed E-state index contributed by atoms with van der Waals surface area (Å²) in [6.07, 6.45) is 1.55. The van der Waals surface area contributed by atoms with Gasteiger partial charge in [-0.05, 0) is 26.0 Å². The second-order valence-electron chi connectivity index (χ2n) is 4.59. The Hall–Kier alpha value is -1.60. The van der Waals surface area contributed by atoms with Crippen LogP contribution in [0, 0.1) is 6.92 Å². The summed E-state index contributed by atoms with van der Waals surface area (Å²) in [4.78, 5) is 16.4. The van der Waals surface area contributed by atoms with Crippen LogP contribution in [-0.2, 0) is 14.8 Å². The minimum atomic E-state index is -3.92. The van der Waals surface area contributed by atoms with Crippen molar-refractivity contribution in [3.63, 3.8) is 0 Å². The molecule has 1 aromatic carbocycles. The predicted molar refractivity (Wildman–Crippen MR) is 84.8 cm³/mol. The molecule has 1 aromatic rings. The highest BCUT2D eigenvalue weighted by Crippen LogP contribution is 2.32. The number of amides is 1. The van der Waals surface area contributed by atoms with Crippen molar-refractivity contribution >= 4 is 32.9 Å². The zero-order valence-electron chi connectivity index (χ0n) is 11.8. The van der Waals surface area contributed by atoms with E-state index in [-0.39, 0.29) is 16.6 Å². The number of benzene rings is 1. The molecule has 0 unspecified atom stereocenters. The molecule has 1 aliphatic heterocycles. The molecule has 0 aliphatic carbocycles. The van der Waals surface area contributed by atoms with E-state index in [4.69, 9.17) is 0 Å². The van der Waals surface area contributed by atoms with Crippen LogP contribution in [0.2, 0.25) is 0 Å². The smallest absolute Gasteiger partial charge is 0.272 e. The number of thioether (sulfide) groups is 1. The third kappa shape index (κ3) is 3.03. The molecule has 1 aliphatic rings. The topological polar surface area (TPSA) is 66.8 Å². The van der Waals surface area contributed by atoms with Crippen LogP contribution in [-0.4, -0.2) is 35.6 Å². The van der Waals surface area contributed by atoms with Crippen LogP contribution >= 0.6 is 11.8 Å². The lowest BCUT2D eigenvalue weighted by Crippen LogP contribution is -2.37. The number of carbonyl (C=O) groups is 1. The van der Waals surface area contributed by atoms with E-state index >= 15 is 0 Å². The first kappa shape index (κ1) is 15.8. The van der Waals surface area contributed by atoms with Crippen molar-refractivity contribution in [3.8, 4) is 0 Å². The molecule has 5 nitrogen and oxygen atoms in total. The molecule has 0 bridgehead atoms. The summed E-state index contributed by atoms with van der Waals surface area (Å²) in [5, 5.41) is -0.262. The lowest BCUT2D eigenvalue weighted by molar-refractivity contribution is -0.122. The Morgan fingerprint density at radius 1 is 1.38 bits per heavy atom. The van der Waals surface area contributed by atoms with Crippen molar-refractivity contribution < 1.29 is 13.2 Å². The zero-order chi connectivity index (χ0) is 15.6. The van der Waals surface area contributed by atoms with E-state index in [9.17, 15) is 13.2 Å². The quantitative estimate of drug-likeness (QED) is 0.796. The zero-order valence-corrected chi connectivity index (χ0v) is 13.4. The molecule has 0 aromatic heterocycles. The number of hydrogen-bond acceptors (Lipinski definition) is 5. The molecule has 1 atom stereocenters. The van der Waals surface area contributed by atoms with Crippen LogP contribution in [0.1, 0.15) is 12.5 Å². The molecule has 0 saturated carbocycles. The normalized spacial score (nSPS) is 21.0. The Labute approximate surface area is 128 Å². The van der Waals surface area contributed by atoms with E-state index < -0.39 is 21.2 Å². The summed E-state index contributed by atoms with van der Waals surface area (Å²) in [6.45, 7) is 7.35. The van der Waals surface area contributed by atoms with Gasteiger partial charge in [-0.3, -0.25) is 9.79 Å². The molecule has 0 radical (unpaired) electrons. The van der Waals surface area contributed by atoms with Crippen LogP contribution in [0.15, 0.2) is 46.8 Å². The number of nitrogens with zero attached hydrogens (tertiary/aromatic N) is 2. The number of hydrogen-bond donors (Lipinski definition) is 0. The van der Waals surface area contributed by atoms with Gasteiger partial charge in [0.05, 0.1) is 16.7 Å². The molecular weight excluding hydrogens is 308 g/mol. The fourth-order valence-corrected chi connectivity index (χ4v) is 4.49. The first-order chi connectivity index (χ1) is 9.87. The third-order valence-corrected chi connectivity index (χ3v) is 5.81. The minimum Gasteiger partial charge on any atom is -0.272 e. The van der Waals surface area contributed by atoms with Crippen LogP contribution in [0.3, 0.4) is 0 Å². The largest absolute Gasteiger partial charge is 0.272 e. The van der Waals surface area contributed by atoms with Crippen LogP contribution in [0.5, 0.6) is 0 Å². The van der Waals surface area contributed by atoms with Crippen LogP contribution in [0.25, 0.3) is 0 Å². The van der Waals surface area contributed by atoms with Crippen molar-refractivity contribution in [2.24, 2.45) is 4.99 Å². The maximum atomic E-state index is 12.7. The Bertz CT molecular complexity index is 693. The highest BCUT2D eigenvalue weighted by molar-refractivity contribution is 8.17. The highest BCUT2D eigenvalue weighted by Gasteiger charge is 2.43. The van der Waals surface area contributed by atoms with Gasteiger partial charge in [0.1, 0.15) is 0 Å². The number of rotatable bonds is 4. The van der Waals surface area contributed by atoms with Crippen molar-refractivity contribution in [1.82, 2.24) is 4.31 Å². The highest BCUT2D eigenvalue weighted by atomic mass is 32.2. The van der Waals surface area contributed by atoms with E-state index in [0.29, 0.717) is 0 Å². The van der Waals surface area contributed by atoms with E-state index in [1.807, 2.05) is 6.92 Å². The molecule has 1 saturated heterocycles. The van der Waals surface area contributed by atoms with Crippen LogP contribution < -0.4 is 0 Å². The molecule has 112 valence electrons. The molecule has 1 heterocycles. The van der Waals surface area contributed by atoms with Crippen molar-refractivity contribution in [3.05, 3.63) is 42.5 Å². The van der Waals surface area contributed by atoms with Gasteiger partial charge in [-0.2, -0.15) is 4.31 Å². The fraction of sp³-hybridized carbons (Fsp3) is 0.286. The Morgan fingerprint density at radius 2 is 2.00 bits per heavy atom. The van der Waals surface area contributed by atoms with E-state index in [0.717, 1.165) is 21.6 Å². The standard InChI is InChI=1S/C14H16N2O3S2/c1-4-9-15-14-16(13(17)11(3)20-14)21(18,19)12-7-5-10(2)6-8-12/h4-8,11H,1,9H2,2-3H3/t11-/m0/s1. The van der Waals surface area contributed by atoms with Gasteiger partial charge < -0.3 is 0 Å². The first-order valence-corrected chi connectivity index (χ1v) is 8.67. The lowest BCUT2D eigenvalue weighted by atomic mass is 10.2. The van der Waals surface area contributed by atoms with Crippen molar-refractivity contribution in [2.75, 3.05) is 6.54 Å². The number of aliphatic imine (C=N–C) groups is 1. The lowest BCUT2D eigenvalue weighted by Gasteiger charge is -2.16. The number of carbonyl (C=O) groups excluding carboxylic acids is 1. The summed E-state index contributed by atoms with van der Waals surface area (Å²) < 4.78 is 26.1. The van der Waals surface area contributed by atoms with Gasteiger partial charge in [-0.1, -0.05) is 35.5 Å².